The number of halogens is 1. The summed E-state index contributed by atoms with van der Waals surface area (Å²) < 4.78 is 10.1. The number of amides is 2. The van der Waals surface area contributed by atoms with E-state index in [1.165, 1.54) is 0 Å². The summed E-state index contributed by atoms with van der Waals surface area (Å²) in [6, 6.07) is 11.6. The van der Waals surface area contributed by atoms with Gasteiger partial charge in [0.05, 0.1) is 6.61 Å². The predicted molar refractivity (Wildman–Crippen MR) is 106 cm³/mol. The normalized spacial score (nSPS) is 10.1. The summed E-state index contributed by atoms with van der Waals surface area (Å²) in [5.41, 5.74) is 1.76. The Labute approximate surface area is 168 Å². The lowest BCUT2D eigenvalue weighted by Crippen LogP contribution is -2.32. The zero-order valence-electron chi connectivity index (χ0n) is 15.6. The van der Waals surface area contributed by atoms with Gasteiger partial charge in [0, 0.05) is 16.3 Å². The molecule has 0 bridgehead atoms. The fraction of sp³-hybridized carbons (Fsp3) is 0.250. The van der Waals surface area contributed by atoms with Gasteiger partial charge in [-0.3, -0.25) is 14.4 Å². The highest BCUT2D eigenvalue weighted by molar-refractivity contribution is 6.31. The molecule has 0 aliphatic carbocycles. The van der Waals surface area contributed by atoms with Crippen molar-refractivity contribution in [3.8, 4) is 5.75 Å². The zero-order chi connectivity index (χ0) is 20.5. The summed E-state index contributed by atoms with van der Waals surface area (Å²) in [5, 5.41) is 5.53. The molecule has 2 aromatic rings. The van der Waals surface area contributed by atoms with Gasteiger partial charge >= 0.3 is 5.97 Å². The van der Waals surface area contributed by atoms with Crippen LogP contribution in [0.4, 0.5) is 5.69 Å². The van der Waals surface area contributed by atoms with E-state index in [0.717, 1.165) is 5.56 Å². The van der Waals surface area contributed by atoms with Crippen LogP contribution in [0.15, 0.2) is 42.5 Å². The van der Waals surface area contributed by atoms with Gasteiger partial charge in [-0.25, -0.2) is 0 Å². The molecule has 0 spiro atoms. The average molecular weight is 405 g/mol. The van der Waals surface area contributed by atoms with Crippen molar-refractivity contribution in [2.45, 2.75) is 13.8 Å². The van der Waals surface area contributed by atoms with Crippen LogP contribution < -0.4 is 15.4 Å². The van der Waals surface area contributed by atoms with Crippen molar-refractivity contribution in [2.24, 2.45) is 0 Å². The molecule has 2 rings (SSSR count). The summed E-state index contributed by atoms with van der Waals surface area (Å²) in [7, 11) is 0. The van der Waals surface area contributed by atoms with Crippen LogP contribution in [0.3, 0.4) is 0 Å². The number of aryl methyl sites for hydroxylation is 1. The molecule has 0 heterocycles. The minimum absolute atomic E-state index is 0.352. The highest BCUT2D eigenvalue weighted by atomic mass is 35.5. The van der Waals surface area contributed by atoms with Crippen molar-refractivity contribution in [2.75, 3.05) is 25.1 Å². The largest absolute Gasteiger partial charge is 0.494 e. The third kappa shape index (κ3) is 6.59. The number of ether oxygens (including phenoxy) is 2. The Kier molecular flexibility index (Phi) is 7.83. The standard InChI is InChI=1S/C20H21ClN2O5/c1-3-27-16-8-5-14(6-9-16)20(26)22-11-19(25)28-12-18(24)23-15-7-4-13(2)17(21)10-15/h4-10H,3,11-12H2,1-2H3,(H,22,26)(H,23,24). The number of esters is 1. The summed E-state index contributed by atoms with van der Waals surface area (Å²) >= 11 is 5.99. The van der Waals surface area contributed by atoms with Gasteiger partial charge in [0.1, 0.15) is 12.3 Å². The molecule has 8 heteroatoms. The van der Waals surface area contributed by atoms with Crippen molar-refractivity contribution in [3.63, 3.8) is 0 Å². The van der Waals surface area contributed by atoms with E-state index in [2.05, 4.69) is 10.6 Å². The van der Waals surface area contributed by atoms with Crippen LogP contribution in [-0.2, 0) is 14.3 Å². The van der Waals surface area contributed by atoms with E-state index in [9.17, 15) is 14.4 Å². The molecule has 28 heavy (non-hydrogen) atoms. The molecule has 0 fully saturated rings. The van der Waals surface area contributed by atoms with Gasteiger partial charge in [0.15, 0.2) is 6.61 Å². The minimum Gasteiger partial charge on any atom is -0.494 e. The van der Waals surface area contributed by atoms with E-state index >= 15 is 0 Å². The smallest absolute Gasteiger partial charge is 0.325 e. The lowest BCUT2D eigenvalue weighted by atomic mass is 10.2. The van der Waals surface area contributed by atoms with Gasteiger partial charge in [0.25, 0.3) is 11.8 Å². The first-order valence-corrected chi connectivity index (χ1v) is 8.99. The molecule has 7 nitrogen and oxygen atoms in total. The molecule has 2 aromatic carbocycles. The fourth-order valence-corrected chi connectivity index (χ4v) is 2.37. The maximum Gasteiger partial charge on any atom is 0.325 e. The number of hydrogen-bond donors (Lipinski definition) is 2. The molecule has 0 atom stereocenters. The first kappa shape index (κ1) is 21.2. The summed E-state index contributed by atoms with van der Waals surface area (Å²) in [5.74, 6) is -1.01. The van der Waals surface area contributed by atoms with E-state index in [1.54, 1.807) is 42.5 Å². The Bertz CT molecular complexity index is 852. The Morgan fingerprint density at radius 3 is 2.43 bits per heavy atom. The number of anilines is 1. The van der Waals surface area contributed by atoms with Crippen LogP contribution in [0.25, 0.3) is 0 Å². The van der Waals surface area contributed by atoms with E-state index in [-0.39, 0.29) is 6.54 Å². The summed E-state index contributed by atoms with van der Waals surface area (Å²) in [6.45, 7) is 3.42. The molecule has 0 saturated heterocycles. The van der Waals surface area contributed by atoms with Gasteiger partial charge in [-0.05, 0) is 55.8 Å². The number of nitrogens with one attached hydrogen (secondary N) is 2. The van der Waals surface area contributed by atoms with Crippen LogP contribution in [0, 0.1) is 6.92 Å². The number of hydrogen-bond acceptors (Lipinski definition) is 5. The second-order valence-corrected chi connectivity index (χ2v) is 6.22. The number of carbonyl (C=O) groups is 3. The second kappa shape index (κ2) is 10.3. The van der Waals surface area contributed by atoms with Crippen LogP contribution in [0.1, 0.15) is 22.8 Å². The molecule has 2 amide bonds. The van der Waals surface area contributed by atoms with E-state index in [0.29, 0.717) is 28.6 Å². The highest BCUT2D eigenvalue weighted by Gasteiger charge is 2.11. The van der Waals surface area contributed by atoms with Gasteiger partial charge in [0.2, 0.25) is 0 Å². The van der Waals surface area contributed by atoms with Crippen LogP contribution in [0.5, 0.6) is 5.75 Å². The summed E-state index contributed by atoms with van der Waals surface area (Å²) in [4.78, 5) is 35.5. The van der Waals surface area contributed by atoms with E-state index in [4.69, 9.17) is 21.1 Å². The predicted octanol–water partition coefficient (Wildman–Crippen LogP) is 2.96. The van der Waals surface area contributed by atoms with Crippen molar-refractivity contribution < 1.29 is 23.9 Å². The molecule has 148 valence electrons. The Morgan fingerprint density at radius 2 is 1.79 bits per heavy atom. The van der Waals surface area contributed by atoms with Crippen molar-refractivity contribution in [3.05, 3.63) is 58.6 Å². The molecule has 0 unspecified atom stereocenters. The van der Waals surface area contributed by atoms with Crippen LogP contribution in [-0.4, -0.2) is 37.5 Å². The molecule has 0 aliphatic rings. The molecule has 0 radical (unpaired) electrons. The first-order chi connectivity index (χ1) is 13.4. The van der Waals surface area contributed by atoms with Crippen LogP contribution >= 0.6 is 11.6 Å². The monoisotopic (exact) mass is 404 g/mol. The number of carbonyl (C=O) groups excluding carboxylic acids is 3. The second-order valence-electron chi connectivity index (χ2n) is 5.81. The third-order valence-electron chi connectivity index (χ3n) is 3.64. The number of rotatable bonds is 8. The van der Waals surface area contributed by atoms with E-state index < -0.39 is 24.4 Å². The molecule has 0 aromatic heterocycles. The van der Waals surface area contributed by atoms with Crippen molar-refractivity contribution in [1.29, 1.82) is 0 Å². The fourth-order valence-electron chi connectivity index (χ4n) is 2.19. The third-order valence-corrected chi connectivity index (χ3v) is 4.05. The molecular formula is C20H21ClN2O5. The number of benzene rings is 2. The van der Waals surface area contributed by atoms with Crippen molar-refractivity contribution in [1.82, 2.24) is 5.32 Å². The summed E-state index contributed by atoms with van der Waals surface area (Å²) in [6.07, 6.45) is 0. The van der Waals surface area contributed by atoms with E-state index in [1.807, 2.05) is 13.8 Å². The molecular weight excluding hydrogens is 384 g/mol. The minimum atomic E-state index is -0.726. The van der Waals surface area contributed by atoms with Gasteiger partial charge in [-0.1, -0.05) is 17.7 Å². The average Bonchev–Trinajstić information content (AvgIpc) is 2.68. The van der Waals surface area contributed by atoms with Crippen molar-refractivity contribution >= 4 is 35.1 Å². The molecule has 0 saturated carbocycles. The topological polar surface area (TPSA) is 93.7 Å². The lowest BCUT2D eigenvalue weighted by molar-refractivity contribution is -0.146. The van der Waals surface area contributed by atoms with Gasteiger partial charge in [-0.15, -0.1) is 0 Å². The molecule has 2 N–H and O–H groups in total. The maximum atomic E-state index is 12.0. The van der Waals surface area contributed by atoms with Gasteiger partial charge < -0.3 is 20.1 Å². The quantitative estimate of drug-likeness (QED) is 0.660. The van der Waals surface area contributed by atoms with Gasteiger partial charge in [-0.2, -0.15) is 0 Å². The first-order valence-electron chi connectivity index (χ1n) is 8.61. The Balaban J connectivity index is 1.73. The Morgan fingerprint density at radius 1 is 1.07 bits per heavy atom. The van der Waals surface area contributed by atoms with Crippen LogP contribution in [0.2, 0.25) is 5.02 Å². The SMILES string of the molecule is CCOc1ccc(C(=O)NCC(=O)OCC(=O)Nc2ccc(C)c(Cl)c2)cc1. The molecule has 0 aliphatic heterocycles. The zero-order valence-corrected chi connectivity index (χ0v) is 16.3. The maximum absolute atomic E-state index is 12.0. The Hall–Kier alpha value is -3.06. The lowest BCUT2D eigenvalue weighted by Gasteiger charge is -2.09. The highest BCUT2D eigenvalue weighted by Crippen LogP contribution is 2.19.